The molecule has 0 heterocycles. The van der Waals surface area contributed by atoms with E-state index in [1.165, 1.54) is 0 Å². The number of allylic oxidation sites excluding steroid dienone is 2. The molecule has 0 aromatic carbocycles. The number of rotatable bonds is 14. The minimum atomic E-state index is -0.857. The molecule has 0 amide bonds. The zero-order chi connectivity index (χ0) is 17.5. The Hall–Kier alpha value is 0.106. The number of hydrogen-bond donors (Lipinski definition) is 3. The molecule has 6 nitrogen and oxygen atoms in total. The van der Waals surface area contributed by atoms with Gasteiger partial charge in [-0.15, -0.1) is 5.76 Å². The van der Waals surface area contributed by atoms with E-state index in [1.54, 1.807) is 12.2 Å². The van der Waals surface area contributed by atoms with E-state index < -0.39 is 5.97 Å². The summed E-state index contributed by atoms with van der Waals surface area (Å²) in [6.45, 7) is 6.22. The molecule has 0 aliphatic heterocycles. The molecule has 0 spiro atoms. The maximum atomic E-state index is 11.5. The van der Waals surface area contributed by atoms with Crippen LogP contribution in [0.3, 0.4) is 0 Å². The van der Waals surface area contributed by atoms with Gasteiger partial charge in [-0.3, -0.25) is 9.69 Å². The van der Waals surface area contributed by atoms with E-state index in [1.807, 2.05) is 18.7 Å². The van der Waals surface area contributed by atoms with E-state index >= 15 is 0 Å². The average Bonchev–Trinajstić information content (AvgIpc) is 2.52. The summed E-state index contributed by atoms with van der Waals surface area (Å²) in [6.07, 6.45) is 7.00. The van der Waals surface area contributed by atoms with Crippen LogP contribution in [0.25, 0.3) is 0 Å². The van der Waals surface area contributed by atoms with Gasteiger partial charge in [0.15, 0.2) is 0 Å². The van der Waals surface area contributed by atoms with Crippen LogP contribution in [0, 0.1) is 0 Å². The molecule has 0 aromatic rings. The third kappa shape index (κ3) is 16.9. The van der Waals surface area contributed by atoms with Gasteiger partial charge in [-0.05, 0) is 18.9 Å². The third-order valence-electron chi connectivity index (χ3n) is 3.26. The average molecular weight is 367 g/mol. The summed E-state index contributed by atoms with van der Waals surface area (Å²) in [6, 6.07) is 0. The summed E-state index contributed by atoms with van der Waals surface area (Å²) in [5.41, 5.74) is 0. The summed E-state index contributed by atoms with van der Waals surface area (Å²) in [7, 11) is 0. The number of aliphatic carboxylic acids is 1. The fourth-order valence-corrected chi connectivity index (χ4v) is 1.95. The molecule has 0 radical (unpaired) electrons. The van der Waals surface area contributed by atoms with E-state index in [9.17, 15) is 15.0 Å². The molecule has 0 rings (SSSR count). The zero-order valence-corrected chi connectivity index (χ0v) is 18.5. The van der Waals surface area contributed by atoms with Crippen LogP contribution in [0.15, 0.2) is 23.7 Å². The number of carboxylic acids is 1. The molecule has 0 fully saturated rings. The Morgan fingerprint density at radius 1 is 1.12 bits per heavy atom. The van der Waals surface area contributed by atoms with Crippen LogP contribution >= 0.6 is 0 Å². The summed E-state index contributed by atoms with van der Waals surface area (Å²) in [4.78, 5) is 12.6. The molecule has 0 aromatic heterocycles. The Kier molecular flexibility index (Phi) is 19.7. The quantitative estimate of drug-likeness (QED) is 0.200. The van der Waals surface area contributed by atoms with Gasteiger partial charge >= 0.3 is 57.4 Å². The molecule has 0 aliphatic rings. The molecular weight excluding hydrogens is 335 g/mol. The molecule has 7 heteroatoms. The number of nitrogens with one attached hydrogen (secondary N) is 1. The molecule has 134 valence electrons. The molecule has 24 heavy (non-hydrogen) atoms. The van der Waals surface area contributed by atoms with Crippen molar-refractivity contribution in [1.82, 2.24) is 10.2 Å². The van der Waals surface area contributed by atoms with Gasteiger partial charge in [0.05, 0.1) is 13.0 Å². The fraction of sp³-hybridized carbons (Fsp3) is 0.706. The summed E-state index contributed by atoms with van der Waals surface area (Å²) in [5, 5.41) is 33.2. The first-order valence-corrected chi connectivity index (χ1v) is 8.38. The topological polar surface area (TPSA) is 95.9 Å². The van der Waals surface area contributed by atoms with Crippen molar-refractivity contribution in [2.24, 2.45) is 0 Å². The summed E-state index contributed by atoms with van der Waals surface area (Å²) in [5.74, 6) is -0.511. The Balaban J connectivity index is 0. The van der Waals surface area contributed by atoms with Gasteiger partial charge in [0, 0.05) is 26.2 Å². The number of carbonyl (C=O) groups is 1. The van der Waals surface area contributed by atoms with Crippen LogP contribution in [0.1, 0.15) is 46.0 Å². The Morgan fingerprint density at radius 3 is 2.33 bits per heavy atom. The zero-order valence-electron chi connectivity index (χ0n) is 15.4. The largest absolute Gasteiger partial charge is 1.00 e. The van der Waals surface area contributed by atoms with Crippen molar-refractivity contribution in [3.8, 4) is 0 Å². The van der Waals surface area contributed by atoms with Gasteiger partial charge in [0.1, 0.15) is 5.76 Å². The predicted molar refractivity (Wildman–Crippen MR) is 90.2 cm³/mol. The minimum Gasteiger partial charge on any atom is -0.875 e. The van der Waals surface area contributed by atoms with Gasteiger partial charge < -0.3 is 20.6 Å². The smallest absolute Gasteiger partial charge is 0.875 e. The van der Waals surface area contributed by atoms with Crippen molar-refractivity contribution in [3.05, 3.63) is 23.7 Å². The first-order chi connectivity index (χ1) is 11.0. The monoisotopic (exact) mass is 366 g/mol. The van der Waals surface area contributed by atoms with Crippen LogP contribution in [0.2, 0.25) is 0 Å². The van der Waals surface area contributed by atoms with Gasteiger partial charge in [-0.25, -0.2) is 0 Å². The van der Waals surface area contributed by atoms with Gasteiger partial charge in [-0.1, -0.05) is 32.8 Å². The SMILES string of the molecule is CCC/C=C(\[O-])CNCCN(CCC(=O)O)C/C(O)=C/CCC.[K+]. The number of hydrogen-bond acceptors (Lipinski definition) is 5. The van der Waals surface area contributed by atoms with E-state index in [4.69, 9.17) is 5.11 Å². The molecule has 0 bridgehead atoms. The van der Waals surface area contributed by atoms with E-state index in [0.717, 1.165) is 25.7 Å². The van der Waals surface area contributed by atoms with E-state index in [2.05, 4.69) is 5.32 Å². The van der Waals surface area contributed by atoms with Crippen LogP contribution in [-0.4, -0.2) is 53.8 Å². The van der Waals surface area contributed by atoms with Crippen molar-refractivity contribution >= 4 is 5.97 Å². The summed E-state index contributed by atoms with van der Waals surface area (Å²) >= 11 is 0. The van der Waals surface area contributed by atoms with Crippen LogP contribution in [-0.2, 0) is 4.79 Å². The van der Waals surface area contributed by atoms with Crippen molar-refractivity contribution in [3.63, 3.8) is 0 Å². The van der Waals surface area contributed by atoms with Crippen molar-refractivity contribution in [1.29, 1.82) is 0 Å². The van der Waals surface area contributed by atoms with Gasteiger partial charge in [-0.2, -0.15) is 0 Å². The molecule has 0 saturated carbocycles. The molecule has 0 atom stereocenters. The second-order valence-corrected chi connectivity index (χ2v) is 5.54. The van der Waals surface area contributed by atoms with Crippen molar-refractivity contribution in [2.75, 3.05) is 32.7 Å². The number of unbranched alkanes of at least 4 members (excludes halogenated alkanes) is 2. The number of aliphatic hydroxyl groups excluding tert-OH is 1. The van der Waals surface area contributed by atoms with E-state index in [0.29, 0.717) is 32.7 Å². The van der Waals surface area contributed by atoms with Gasteiger partial charge in [0.2, 0.25) is 0 Å². The van der Waals surface area contributed by atoms with E-state index in [-0.39, 0.29) is 69.3 Å². The Labute approximate surface area is 188 Å². The van der Waals surface area contributed by atoms with Crippen LogP contribution in [0.4, 0.5) is 0 Å². The Morgan fingerprint density at radius 2 is 1.75 bits per heavy atom. The maximum Gasteiger partial charge on any atom is 1.00 e. The van der Waals surface area contributed by atoms with Crippen molar-refractivity contribution < 1.29 is 71.5 Å². The van der Waals surface area contributed by atoms with Gasteiger partial charge in [0.25, 0.3) is 0 Å². The molecule has 3 N–H and O–H groups in total. The van der Waals surface area contributed by atoms with Crippen molar-refractivity contribution in [2.45, 2.75) is 46.0 Å². The summed E-state index contributed by atoms with van der Waals surface area (Å²) < 4.78 is 0. The van der Waals surface area contributed by atoms with Crippen LogP contribution in [0.5, 0.6) is 0 Å². The Bertz CT molecular complexity index is 387. The normalized spacial score (nSPS) is 12.3. The first-order valence-electron chi connectivity index (χ1n) is 8.38. The molecule has 0 aliphatic carbocycles. The molecule has 0 saturated heterocycles. The fourth-order valence-electron chi connectivity index (χ4n) is 1.95. The first kappa shape index (κ1) is 26.3. The molecular formula is C17H31KN2O4. The standard InChI is InChI=1S/C17H32N2O4.K/c1-3-5-7-15(20)13-18-10-12-19(11-9-17(22)23)14-16(21)8-6-4-2;/h7-8,18,20-21H,3-6,9-14H2,1-2H3,(H,22,23);/q;+1/p-1/b15-7-,16-8-;. The maximum absolute atomic E-state index is 11.5. The number of aliphatic hydroxyl groups is 1. The third-order valence-corrected chi connectivity index (χ3v) is 3.26. The second-order valence-electron chi connectivity index (χ2n) is 5.54. The minimum absolute atomic E-state index is 0. The molecule has 0 unspecified atom stereocenters. The van der Waals surface area contributed by atoms with Crippen LogP contribution < -0.4 is 61.8 Å². The second kappa shape index (κ2) is 17.9. The number of carboxylic acid groups (broad SMARTS) is 1. The predicted octanol–water partition coefficient (Wildman–Crippen LogP) is -1.36. The number of nitrogens with zero attached hydrogens (tertiary/aromatic N) is 1.